The summed E-state index contributed by atoms with van der Waals surface area (Å²) in [7, 11) is 3.28. The van der Waals surface area contributed by atoms with Crippen LogP contribution in [0.5, 0.6) is 5.88 Å². The molecule has 0 aliphatic rings. The molecule has 0 unspecified atom stereocenters. The van der Waals surface area contributed by atoms with Gasteiger partial charge in [-0.25, -0.2) is 4.98 Å². The Morgan fingerprint density at radius 1 is 1.36 bits per heavy atom. The lowest BCUT2D eigenvalue weighted by Gasteiger charge is -2.18. The summed E-state index contributed by atoms with van der Waals surface area (Å²) in [6, 6.07) is 11.0. The van der Waals surface area contributed by atoms with Crippen LogP contribution in [0.4, 0.5) is 11.4 Å². The number of carboxylic acids is 1. The highest BCUT2D eigenvalue weighted by Crippen LogP contribution is 2.27. The summed E-state index contributed by atoms with van der Waals surface area (Å²) in [6.07, 6.45) is 3.34. The number of methoxy groups -OCH3 is 1. The van der Waals surface area contributed by atoms with Crippen LogP contribution in [0.3, 0.4) is 0 Å². The molecule has 0 radical (unpaired) electrons. The first-order chi connectivity index (χ1) is 10.6. The molecule has 22 heavy (non-hydrogen) atoms. The van der Waals surface area contributed by atoms with Gasteiger partial charge in [0.05, 0.1) is 18.5 Å². The van der Waals surface area contributed by atoms with Crippen LogP contribution in [-0.4, -0.2) is 43.0 Å². The predicted molar refractivity (Wildman–Crippen MR) is 85.4 cm³/mol. The number of hydrogen-bond acceptors (Lipinski definition) is 5. The molecule has 1 aromatic heterocycles. The molecule has 1 aromatic carbocycles. The Kier molecular flexibility index (Phi) is 5.08. The maximum atomic E-state index is 10.8. The van der Waals surface area contributed by atoms with Gasteiger partial charge in [0.2, 0.25) is 5.88 Å². The SMILES string of the molecule is COc1ccc(C=Nc2ccccc2N(C)CC(=O)O)cn1. The number of likely N-dealkylation sites (N-methyl/N-ethyl adjacent to an activating group) is 1. The molecule has 0 aliphatic carbocycles. The Balaban J connectivity index is 2.21. The van der Waals surface area contributed by atoms with E-state index in [0.29, 0.717) is 11.6 Å². The largest absolute Gasteiger partial charge is 0.481 e. The van der Waals surface area contributed by atoms with E-state index < -0.39 is 5.97 Å². The Labute approximate surface area is 128 Å². The molecular formula is C16H17N3O3. The van der Waals surface area contributed by atoms with Crippen LogP contribution in [-0.2, 0) is 4.79 Å². The first-order valence-electron chi connectivity index (χ1n) is 6.66. The molecule has 0 fully saturated rings. The van der Waals surface area contributed by atoms with Gasteiger partial charge in [0.15, 0.2) is 0 Å². The van der Waals surface area contributed by atoms with Gasteiger partial charge in [0, 0.05) is 31.1 Å². The predicted octanol–water partition coefficient (Wildman–Crippen LogP) is 2.36. The lowest BCUT2D eigenvalue weighted by atomic mass is 10.2. The molecule has 0 aliphatic heterocycles. The monoisotopic (exact) mass is 299 g/mol. The lowest BCUT2D eigenvalue weighted by molar-refractivity contribution is -0.135. The van der Waals surface area contributed by atoms with Crippen molar-refractivity contribution in [1.29, 1.82) is 0 Å². The lowest BCUT2D eigenvalue weighted by Crippen LogP contribution is -2.25. The van der Waals surface area contributed by atoms with E-state index in [1.54, 1.807) is 37.5 Å². The van der Waals surface area contributed by atoms with Gasteiger partial charge in [0.1, 0.15) is 6.54 Å². The average Bonchev–Trinajstić information content (AvgIpc) is 2.53. The Morgan fingerprint density at radius 2 is 2.14 bits per heavy atom. The van der Waals surface area contributed by atoms with Crippen LogP contribution in [0, 0.1) is 0 Å². The number of carboxylic acid groups (broad SMARTS) is 1. The molecular weight excluding hydrogens is 282 g/mol. The van der Waals surface area contributed by atoms with Crippen LogP contribution >= 0.6 is 0 Å². The minimum atomic E-state index is -0.888. The first kappa shape index (κ1) is 15.5. The number of rotatable bonds is 6. The van der Waals surface area contributed by atoms with Crippen molar-refractivity contribution in [3.8, 4) is 5.88 Å². The average molecular weight is 299 g/mol. The zero-order valence-corrected chi connectivity index (χ0v) is 12.4. The molecule has 0 atom stereocenters. The maximum absolute atomic E-state index is 10.8. The van der Waals surface area contributed by atoms with E-state index in [2.05, 4.69) is 9.98 Å². The second-order valence-electron chi connectivity index (χ2n) is 4.63. The van der Waals surface area contributed by atoms with Crippen molar-refractivity contribution < 1.29 is 14.6 Å². The first-order valence-corrected chi connectivity index (χ1v) is 6.66. The topological polar surface area (TPSA) is 75.0 Å². The summed E-state index contributed by atoms with van der Waals surface area (Å²) < 4.78 is 5.00. The summed E-state index contributed by atoms with van der Waals surface area (Å²) >= 11 is 0. The third kappa shape index (κ3) is 4.05. The smallest absolute Gasteiger partial charge is 0.323 e. The Morgan fingerprint density at radius 3 is 2.77 bits per heavy atom. The number of hydrogen-bond donors (Lipinski definition) is 1. The molecule has 1 N–H and O–H groups in total. The number of aliphatic imine (C=N–C) groups is 1. The van der Waals surface area contributed by atoms with E-state index in [1.165, 1.54) is 0 Å². The normalized spacial score (nSPS) is 10.6. The van der Waals surface area contributed by atoms with Crippen molar-refractivity contribution in [2.75, 3.05) is 25.6 Å². The molecule has 6 nitrogen and oxygen atoms in total. The summed E-state index contributed by atoms with van der Waals surface area (Å²) in [6.45, 7) is -0.0867. The molecule has 6 heteroatoms. The van der Waals surface area contributed by atoms with Crippen LogP contribution in [0.25, 0.3) is 0 Å². The van der Waals surface area contributed by atoms with E-state index in [9.17, 15) is 4.79 Å². The van der Waals surface area contributed by atoms with Gasteiger partial charge in [0.25, 0.3) is 0 Å². The number of ether oxygens (including phenoxy) is 1. The summed E-state index contributed by atoms with van der Waals surface area (Å²) in [5, 5.41) is 8.89. The summed E-state index contributed by atoms with van der Waals surface area (Å²) in [4.78, 5) is 21.0. The van der Waals surface area contributed by atoms with Gasteiger partial charge in [-0.3, -0.25) is 9.79 Å². The molecule has 0 bridgehead atoms. The number of nitrogens with zero attached hydrogens (tertiary/aromatic N) is 3. The van der Waals surface area contributed by atoms with Gasteiger partial charge in [-0.1, -0.05) is 12.1 Å². The second-order valence-corrected chi connectivity index (χ2v) is 4.63. The van der Waals surface area contributed by atoms with E-state index in [4.69, 9.17) is 9.84 Å². The van der Waals surface area contributed by atoms with Gasteiger partial charge < -0.3 is 14.7 Å². The third-order valence-electron chi connectivity index (χ3n) is 2.99. The highest BCUT2D eigenvalue weighted by Gasteiger charge is 2.09. The fraction of sp³-hybridized carbons (Fsp3) is 0.188. The van der Waals surface area contributed by atoms with Gasteiger partial charge in [-0.2, -0.15) is 0 Å². The summed E-state index contributed by atoms with van der Waals surface area (Å²) in [5.74, 6) is -0.348. The number of benzene rings is 1. The van der Waals surface area contributed by atoms with Crippen LogP contribution in [0.1, 0.15) is 5.56 Å². The highest BCUT2D eigenvalue weighted by molar-refractivity contribution is 5.84. The number of pyridine rings is 1. The molecule has 114 valence electrons. The van der Waals surface area contributed by atoms with Crippen LogP contribution < -0.4 is 9.64 Å². The molecule has 0 saturated heterocycles. The zero-order valence-electron chi connectivity index (χ0n) is 12.4. The minimum Gasteiger partial charge on any atom is -0.481 e. The number of aliphatic carboxylic acids is 1. The maximum Gasteiger partial charge on any atom is 0.323 e. The molecule has 2 rings (SSSR count). The molecule has 0 amide bonds. The van der Waals surface area contributed by atoms with E-state index in [-0.39, 0.29) is 6.54 Å². The second kappa shape index (κ2) is 7.21. The van der Waals surface area contributed by atoms with E-state index in [0.717, 1.165) is 11.3 Å². The highest BCUT2D eigenvalue weighted by atomic mass is 16.5. The van der Waals surface area contributed by atoms with Gasteiger partial charge in [-0.15, -0.1) is 0 Å². The van der Waals surface area contributed by atoms with Gasteiger partial charge in [-0.05, 0) is 18.2 Å². The Hall–Kier alpha value is -2.89. The number of carbonyl (C=O) groups is 1. The van der Waals surface area contributed by atoms with E-state index >= 15 is 0 Å². The van der Waals surface area contributed by atoms with Crippen molar-refractivity contribution >= 4 is 23.6 Å². The van der Waals surface area contributed by atoms with Crippen molar-refractivity contribution in [2.24, 2.45) is 4.99 Å². The number of anilines is 1. The fourth-order valence-corrected chi connectivity index (χ4v) is 1.92. The molecule has 1 heterocycles. The van der Waals surface area contributed by atoms with Crippen LogP contribution in [0.2, 0.25) is 0 Å². The Bertz CT molecular complexity index is 669. The standard InChI is InChI=1S/C16H17N3O3/c1-19(11-16(20)21)14-6-4-3-5-13(14)17-9-12-7-8-15(22-2)18-10-12/h3-10H,11H2,1-2H3,(H,20,21). The molecule has 0 saturated carbocycles. The van der Waals surface area contributed by atoms with Crippen molar-refractivity contribution in [1.82, 2.24) is 4.98 Å². The molecule has 2 aromatic rings. The van der Waals surface area contributed by atoms with Crippen molar-refractivity contribution in [3.63, 3.8) is 0 Å². The molecule has 0 spiro atoms. The number of para-hydroxylation sites is 2. The van der Waals surface area contributed by atoms with Crippen molar-refractivity contribution in [2.45, 2.75) is 0 Å². The quantitative estimate of drug-likeness (QED) is 0.829. The number of aromatic nitrogens is 1. The third-order valence-corrected chi connectivity index (χ3v) is 2.99. The zero-order chi connectivity index (χ0) is 15.9. The van der Waals surface area contributed by atoms with Gasteiger partial charge >= 0.3 is 5.97 Å². The summed E-state index contributed by atoms with van der Waals surface area (Å²) in [5.41, 5.74) is 2.28. The minimum absolute atomic E-state index is 0.0867. The van der Waals surface area contributed by atoms with E-state index in [1.807, 2.05) is 30.3 Å². The van der Waals surface area contributed by atoms with Crippen molar-refractivity contribution in [3.05, 3.63) is 48.2 Å². The van der Waals surface area contributed by atoms with Crippen LogP contribution in [0.15, 0.2) is 47.6 Å². The fourth-order valence-electron chi connectivity index (χ4n) is 1.92.